The number of hydrogen-bond donors (Lipinski definition) is 1. The van der Waals surface area contributed by atoms with E-state index in [1.165, 1.54) is 32.9 Å². The maximum absolute atomic E-state index is 15.1. The SMILES string of the molecule is CC(C)(C)OC(=O)Nc1cc(C(F)(F)F)c2nc1-c1nnc(o1)C(OCc1ccccc1)(C(F)(F)F)CCC=CC[C@@H]1COCC(=O)N21. The molecule has 1 N–H and O–H groups in total. The Hall–Kier alpha value is -4.51. The molecule has 2 atom stereocenters. The molecule has 17 heteroatoms. The summed E-state index contributed by atoms with van der Waals surface area (Å²) >= 11 is 0. The lowest BCUT2D eigenvalue weighted by molar-refractivity contribution is -0.299. The number of pyridine rings is 1. The van der Waals surface area contributed by atoms with Gasteiger partial charge >= 0.3 is 18.4 Å². The molecule has 3 aromatic rings. The zero-order valence-electron chi connectivity index (χ0n) is 25.9. The molecule has 1 unspecified atom stereocenters. The third-order valence-electron chi connectivity index (χ3n) is 7.34. The minimum atomic E-state index is -5.12. The van der Waals surface area contributed by atoms with E-state index >= 15 is 13.2 Å². The fraction of sp³-hybridized carbons (Fsp3) is 0.452. The first-order chi connectivity index (χ1) is 22.5. The van der Waals surface area contributed by atoms with E-state index in [1.807, 2.05) is 0 Å². The molecule has 2 aromatic heterocycles. The number of fused-ring (bicyclic) bond motifs is 7. The molecule has 4 heterocycles. The van der Waals surface area contributed by atoms with Crippen molar-refractivity contribution in [3.63, 3.8) is 0 Å². The molecule has 1 aromatic carbocycles. The van der Waals surface area contributed by atoms with Crippen LogP contribution < -0.4 is 10.2 Å². The van der Waals surface area contributed by atoms with Gasteiger partial charge in [0.15, 0.2) is 5.69 Å². The highest BCUT2D eigenvalue weighted by Gasteiger charge is 2.61. The number of halogens is 6. The van der Waals surface area contributed by atoms with Crippen molar-refractivity contribution in [3.05, 3.63) is 65.6 Å². The molecule has 258 valence electrons. The van der Waals surface area contributed by atoms with Gasteiger partial charge in [-0.2, -0.15) is 26.3 Å². The number of benzene rings is 1. The number of allylic oxidation sites excluding steroid dienone is 1. The average Bonchev–Trinajstić information content (AvgIpc) is 3.47. The van der Waals surface area contributed by atoms with Crippen LogP contribution in [0.3, 0.4) is 0 Å². The molecular formula is C31H31F6N5O6. The highest BCUT2D eigenvalue weighted by molar-refractivity contribution is 5.97. The fourth-order valence-electron chi connectivity index (χ4n) is 5.17. The molecule has 2 aliphatic heterocycles. The van der Waals surface area contributed by atoms with E-state index in [0.717, 1.165) is 4.90 Å². The molecule has 11 nitrogen and oxygen atoms in total. The van der Waals surface area contributed by atoms with Crippen molar-refractivity contribution >= 4 is 23.5 Å². The van der Waals surface area contributed by atoms with Crippen LogP contribution in [-0.2, 0) is 37.4 Å². The van der Waals surface area contributed by atoms with E-state index in [-0.39, 0.29) is 19.4 Å². The van der Waals surface area contributed by atoms with Gasteiger partial charge in [0.25, 0.3) is 17.7 Å². The summed E-state index contributed by atoms with van der Waals surface area (Å²) in [5.74, 6) is -3.57. The average molecular weight is 684 g/mol. The summed E-state index contributed by atoms with van der Waals surface area (Å²) in [6.45, 7) is 3.27. The molecule has 4 bridgehead atoms. The lowest BCUT2D eigenvalue weighted by atomic mass is 9.95. The highest BCUT2D eigenvalue weighted by atomic mass is 19.4. The molecular weight excluding hydrogens is 652 g/mol. The summed E-state index contributed by atoms with van der Waals surface area (Å²) in [6, 6.07) is 7.51. The number of rotatable bonds is 4. The van der Waals surface area contributed by atoms with Crippen molar-refractivity contribution in [1.82, 2.24) is 15.2 Å². The molecule has 48 heavy (non-hydrogen) atoms. The van der Waals surface area contributed by atoms with Crippen LogP contribution in [0.4, 0.5) is 42.6 Å². The number of carbonyl (C=O) groups excluding carboxylic acids is 2. The van der Waals surface area contributed by atoms with Crippen molar-refractivity contribution in [1.29, 1.82) is 0 Å². The molecule has 2 amide bonds. The number of carbonyl (C=O) groups is 2. The summed E-state index contributed by atoms with van der Waals surface area (Å²) in [7, 11) is 0. The largest absolute Gasteiger partial charge is 0.444 e. The zero-order chi connectivity index (χ0) is 34.9. The number of amides is 2. The molecule has 0 saturated carbocycles. The summed E-state index contributed by atoms with van der Waals surface area (Å²) in [5.41, 5.74) is -6.58. The number of hydrogen-bond acceptors (Lipinski definition) is 9. The molecule has 0 spiro atoms. The molecule has 0 radical (unpaired) electrons. The smallest absolute Gasteiger partial charge is 0.426 e. The first-order valence-electron chi connectivity index (χ1n) is 14.7. The first-order valence-corrected chi connectivity index (χ1v) is 14.7. The minimum Gasteiger partial charge on any atom is -0.444 e. The van der Waals surface area contributed by atoms with Crippen LogP contribution in [0.1, 0.15) is 57.1 Å². The predicted molar refractivity (Wildman–Crippen MR) is 156 cm³/mol. The van der Waals surface area contributed by atoms with Gasteiger partial charge in [-0.3, -0.25) is 15.0 Å². The van der Waals surface area contributed by atoms with E-state index in [2.05, 4.69) is 20.5 Å². The standard InChI is InChI=1S/C31H31F6N5O6/c1-28(2,3)48-27(44)38-21-14-20(30(32,33)34)24-39-23(21)25-40-41-26(47-25)29(31(35,36)37,46-15-18-10-6-4-7-11-18)13-9-5-8-12-19-16-45-17-22(43)42(19)24/h4-8,10-11,14,19H,9,12-13,15-17H2,1-3H3,(H,38,44)/t19-,29?/m1/s1. The molecule has 2 aliphatic rings. The Morgan fingerprint density at radius 3 is 2.48 bits per heavy atom. The van der Waals surface area contributed by atoms with Gasteiger partial charge < -0.3 is 18.6 Å². The number of morpholine rings is 1. The molecule has 5 rings (SSSR count). The second-order valence-corrected chi connectivity index (χ2v) is 12.1. The van der Waals surface area contributed by atoms with Crippen molar-refractivity contribution in [2.45, 2.75) is 76.2 Å². The van der Waals surface area contributed by atoms with E-state index in [4.69, 9.17) is 18.6 Å². The fourth-order valence-corrected chi connectivity index (χ4v) is 5.17. The maximum atomic E-state index is 15.1. The van der Waals surface area contributed by atoms with Crippen molar-refractivity contribution < 1.29 is 54.6 Å². The van der Waals surface area contributed by atoms with Crippen LogP contribution in [0.25, 0.3) is 11.6 Å². The van der Waals surface area contributed by atoms with Gasteiger partial charge in [0, 0.05) is 0 Å². The normalized spacial score (nSPS) is 20.6. The van der Waals surface area contributed by atoms with Crippen LogP contribution in [0.15, 0.2) is 53.0 Å². The Kier molecular flexibility index (Phi) is 9.56. The second kappa shape index (κ2) is 13.2. The van der Waals surface area contributed by atoms with Crippen LogP contribution in [0.5, 0.6) is 0 Å². The Morgan fingerprint density at radius 1 is 1.08 bits per heavy atom. The van der Waals surface area contributed by atoms with Crippen LogP contribution in [0, 0.1) is 0 Å². The van der Waals surface area contributed by atoms with Gasteiger partial charge in [-0.25, -0.2) is 9.78 Å². The molecule has 1 saturated heterocycles. The summed E-state index contributed by atoms with van der Waals surface area (Å²) in [5, 5.41) is 9.53. The van der Waals surface area contributed by atoms with Gasteiger partial charge in [-0.15, -0.1) is 10.2 Å². The molecule has 0 aliphatic carbocycles. The van der Waals surface area contributed by atoms with Crippen LogP contribution >= 0.6 is 0 Å². The number of nitrogens with one attached hydrogen (secondary N) is 1. The zero-order valence-corrected chi connectivity index (χ0v) is 25.9. The first kappa shape index (κ1) is 34.8. The van der Waals surface area contributed by atoms with Gasteiger partial charge in [0.05, 0.1) is 24.9 Å². The Bertz CT molecular complexity index is 1670. The highest BCUT2D eigenvalue weighted by Crippen LogP contribution is 2.48. The lowest BCUT2D eigenvalue weighted by Crippen LogP contribution is -2.50. The van der Waals surface area contributed by atoms with Crippen molar-refractivity contribution in [2.24, 2.45) is 0 Å². The van der Waals surface area contributed by atoms with Crippen molar-refractivity contribution in [2.75, 3.05) is 23.4 Å². The lowest BCUT2D eigenvalue weighted by Gasteiger charge is -2.36. The van der Waals surface area contributed by atoms with Crippen LogP contribution in [-0.4, -0.2) is 58.2 Å². The Labute approximate surface area is 270 Å². The summed E-state index contributed by atoms with van der Waals surface area (Å²) in [6.07, 6.45) is -9.66. The Morgan fingerprint density at radius 2 is 1.81 bits per heavy atom. The quantitative estimate of drug-likeness (QED) is 0.230. The van der Waals surface area contributed by atoms with Gasteiger partial charge in [0.2, 0.25) is 5.60 Å². The van der Waals surface area contributed by atoms with Gasteiger partial charge in [0.1, 0.15) is 23.6 Å². The number of ether oxygens (including phenoxy) is 3. The monoisotopic (exact) mass is 683 g/mol. The summed E-state index contributed by atoms with van der Waals surface area (Å²) in [4.78, 5) is 30.7. The van der Waals surface area contributed by atoms with E-state index in [9.17, 15) is 22.8 Å². The molecule has 1 fully saturated rings. The number of aromatic nitrogens is 3. The predicted octanol–water partition coefficient (Wildman–Crippen LogP) is 6.94. The number of anilines is 2. The Balaban J connectivity index is 1.73. The minimum absolute atomic E-state index is 0.0831. The van der Waals surface area contributed by atoms with E-state index in [1.54, 1.807) is 30.3 Å². The second-order valence-electron chi connectivity index (χ2n) is 12.1. The topological polar surface area (TPSA) is 129 Å². The van der Waals surface area contributed by atoms with Gasteiger partial charge in [-0.05, 0) is 51.7 Å². The third kappa shape index (κ3) is 7.46. The number of nitrogens with zero attached hydrogens (tertiary/aromatic N) is 4. The van der Waals surface area contributed by atoms with E-state index < -0.39 is 95.8 Å². The number of alkyl halides is 6. The van der Waals surface area contributed by atoms with Crippen LogP contribution in [0.2, 0.25) is 0 Å². The maximum Gasteiger partial charge on any atom is 0.426 e. The van der Waals surface area contributed by atoms with E-state index in [0.29, 0.717) is 11.6 Å². The summed E-state index contributed by atoms with van der Waals surface area (Å²) < 4.78 is 111. The van der Waals surface area contributed by atoms with Gasteiger partial charge in [-0.1, -0.05) is 42.5 Å². The third-order valence-corrected chi connectivity index (χ3v) is 7.34. The van der Waals surface area contributed by atoms with Crippen molar-refractivity contribution in [3.8, 4) is 11.6 Å².